The Labute approximate surface area is 89.5 Å². The number of nitrogens with zero attached hydrogens (tertiary/aromatic N) is 1. The first-order valence-electron chi connectivity index (χ1n) is 4.84. The van der Waals surface area contributed by atoms with E-state index in [-0.39, 0.29) is 6.10 Å². The van der Waals surface area contributed by atoms with E-state index < -0.39 is 0 Å². The van der Waals surface area contributed by atoms with Crippen LogP contribution in [0.1, 0.15) is 37.9 Å². The summed E-state index contributed by atoms with van der Waals surface area (Å²) < 4.78 is 5.93. The summed E-state index contributed by atoms with van der Waals surface area (Å²) >= 11 is 5.08. The Balaban J connectivity index is 3.07. The van der Waals surface area contributed by atoms with Gasteiger partial charge in [0.2, 0.25) is 0 Å². The Kier molecular flexibility index (Phi) is 4.22. The van der Waals surface area contributed by atoms with E-state index in [0.29, 0.717) is 4.64 Å². The predicted molar refractivity (Wildman–Crippen MR) is 58.8 cm³/mol. The second kappa shape index (κ2) is 5.22. The van der Waals surface area contributed by atoms with Crippen molar-refractivity contribution in [2.24, 2.45) is 0 Å². The molecule has 0 aliphatic rings. The van der Waals surface area contributed by atoms with Crippen LogP contribution in [0.2, 0.25) is 0 Å². The van der Waals surface area contributed by atoms with Gasteiger partial charge in [0, 0.05) is 12.8 Å². The molecule has 0 saturated carbocycles. The van der Waals surface area contributed by atoms with Gasteiger partial charge >= 0.3 is 0 Å². The van der Waals surface area contributed by atoms with Crippen molar-refractivity contribution < 1.29 is 4.74 Å². The van der Waals surface area contributed by atoms with Crippen LogP contribution in [0.4, 0.5) is 0 Å². The fraction of sp³-hybridized carbons (Fsp3) is 0.600. The molecule has 1 atom stereocenters. The minimum absolute atomic E-state index is 0.0169. The normalized spacial score (nSPS) is 12.8. The molecular weight excluding hydrogens is 196 g/mol. The van der Waals surface area contributed by atoms with Crippen LogP contribution in [0, 0.1) is 4.64 Å². The average molecular weight is 212 g/mol. The molecule has 0 aromatic carbocycles. The average Bonchev–Trinajstić information content (AvgIpc) is 2.19. The van der Waals surface area contributed by atoms with Gasteiger partial charge in [-0.1, -0.05) is 26.1 Å². The zero-order valence-corrected chi connectivity index (χ0v) is 9.65. The number of methoxy groups -OCH3 is 1. The molecule has 0 aliphatic heterocycles. The van der Waals surface area contributed by atoms with Gasteiger partial charge in [0.1, 0.15) is 16.6 Å². The van der Waals surface area contributed by atoms with Crippen LogP contribution in [0.15, 0.2) is 6.07 Å². The summed E-state index contributed by atoms with van der Waals surface area (Å²) in [7, 11) is 1.69. The smallest absolute Gasteiger partial charge is 0.137 e. The first-order chi connectivity index (χ1) is 6.71. The number of rotatable bonds is 4. The third-order valence-corrected chi connectivity index (χ3v) is 2.37. The topological polar surface area (TPSA) is 37.9 Å². The molecule has 0 radical (unpaired) electrons. The van der Waals surface area contributed by atoms with Crippen LogP contribution in [-0.2, 0) is 11.2 Å². The van der Waals surface area contributed by atoms with E-state index in [1.807, 2.05) is 6.07 Å². The van der Waals surface area contributed by atoms with Crippen molar-refractivity contribution in [2.75, 3.05) is 7.11 Å². The zero-order valence-electron chi connectivity index (χ0n) is 8.83. The molecule has 14 heavy (non-hydrogen) atoms. The highest BCUT2D eigenvalue weighted by atomic mass is 32.1. The Morgan fingerprint density at radius 1 is 1.57 bits per heavy atom. The van der Waals surface area contributed by atoms with Crippen LogP contribution >= 0.6 is 12.2 Å². The number of nitrogens with one attached hydrogen (secondary N) is 1. The Morgan fingerprint density at radius 2 is 2.29 bits per heavy atom. The lowest BCUT2D eigenvalue weighted by molar-refractivity contribution is 0.0923. The number of aromatic amines is 1. The van der Waals surface area contributed by atoms with Crippen LogP contribution in [0.25, 0.3) is 0 Å². The lowest BCUT2D eigenvalue weighted by Crippen LogP contribution is -2.07. The fourth-order valence-electron chi connectivity index (χ4n) is 1.34. The van der Waals surface area contributed by atoms with Gasteiger partial charge in [-0.3, -0.25) is 0 Å². The summed E-state index contributed by atoms with van der Waals surface area (Å²) in [4.78, 5) is 7.49. The maximum absolute atomic E-state index is 5.30. The maximum Gasteiger partial charge on any atom is 0.137 e. The van der Waals surface area contributed by atoms with Crippen LogP contribution in [-0.4, -0.2) is 17.1 Å². The van der Waals surface area contributed by atoms with Gasteiger partial charge in [0.15, 0.2) is 0 Å². The SMILES string of the molecule is CCc1cc(=S)nc(C(CC)OC)[nH]1. The Bertz CT molecular complexity index is 344. The predicted octanol–water partition coefficient (Wildman–Crippen LogP) is 2.80. The van der Waals surface area contributed by atoms with Crippen molar-refractivity contribution in [3.8, 4) is 0 Å². The Morgan fingerprint density at radius 3 is 2.79 bits per heavy atom. The van der Waals surface area contributed by atoms with E-state index in [9.17, 15) is 0 Å². The lowest BCUT2D eigenvalue weighted by Gasteiger charge is -2.13. The van der Waals surface area contributed by atoms with E-state index in [2.05, 4.69) is 23.8 Å². The summed E-state index contributed by atoms with van der Waals surface area (Å²) in [6, 6.07) is 1.89. The molecule has 4 heteroatoms. The van der Waals surface area contributed by atoms with E-state index in [0.717, 1.165) is 24.4 Å². The van der Waals surface area contributed by atoms with Gasteiger partial charge in [0.05, 0.1) is 0 Å². The number of hydrogen-bond donors (Lipinski definition) is 1. The standard InChI is InChI=1S/C10H16N2OS/c1-4-7-6-9(14)12-10(11-7)8(5-2)13-3/h6,8H,4-5H2,1-3H3,(H,11,12,14). The van der Waals surface area contributed by atoms with E-state index in [4.69, 9.17) is 17.0 Å². The van der Waals surface area contributed by atoms with Gasteiger partial charge < -0.3 is 9.72 Å². The summed E-state index contributed by atoms with van der Waals surface area (Å²) in [5.74, 6) is 0.833. The molecule has 0 spiro atoms. The lowest BCUT2D eigenvalue weighted by atomic mass is 10.2. The molecule has 0 fully saturated rings. The second-order valence-electron chi connectivity index (χ2n) is 3.12. The number of aryl methyl sites for hydroxylation is 1. The van der Waals surface area contributed by atoms with Crippen molar-refractivity contribution in [1.29, 1.82) is 0 Å². The molecule has 1 unspecified atom stereocenters. The molecule has 1 aromatic rings. The van der Waals surface area contributed by atoms with Gasteiger partial charge in [-0.15, -0.1) is 0 Å². The molecule has 1 aromatic heterocycles. The van der Waals surface area contributed by atoms with E-state index in [1.54, 1.807) is 7.11 Å². The van der Waals surface area contributed by atoms with Crippen molar-refractivity contribution in [1.82, 2.24) is 9.97 Å². The van der Waals surface area contributed by atoms with Gasteiger partial charge in [-0.25, -0.2) is 4.98 Å². The summed E-state index contributed by atoms with van der Waals surface area (Å²) in [5.41, 5.74) is 1.11. The van der Waals surface area contributed by atoms with Crippen LogP contribution in [0.5, 0.6) is 0 Å². The number of ether oxygens (including phenoxy) is 1. The molecule has 1 heterocycles. The molecule has 1 N–H and O–H groups in total. The maximum atomic E-state index is 5.30. The van der Waals surface area contributed by atoms with Crippen molar-refractivity contribution in [3.05, 3.63) is 22.2 Å². The third-order valence-electron chi connectivity index (χ3n) is 2.16. The van der Waals surface area contributed by atoms with Crippen LogP contribution in [0.3, 0.4) is 0 Å². The third kappa shape index (κ3) is 2.62. The summed E-state index contributed by atoms with van der Waals surface area (Å²) in [5, 5.41) is 0. The number of H-pyrrole nitrogens is 1. The van der Waals surface area contributed by atoms with Crippen molar-refractivity contribution in [2.45, 2.75) is 32.8 Å². The highest BCUT2D eigenvalue weighted by Gasteiger charge is 2.10. The number of aromatic nitrogens is 2. The van der Waals surface area contributed by atoms with Gasteiger partial charge in [0.25, 0.3) is 0 Å². The molecule has 0 amide bonds. The van der Waals surface area contributed by atoms with E-state index >= 15 is 0 Å². The first-order valence-corrected chi connectivity index (χ1v) is 5.25. The van der Waals surface area contributed by atoms with Crippen LogP contribution < -0.4 is 0 Å². The monoisotopic (exact) mass is 212 g/mol. The van der Waals surface area contributed by atoms with Gasteiger partial charge in [-0.2, -0.15) is 0 Å². The second-order valence-corrected chi connectivity index (χ2v) is 3.53. The minimum atomic E-state index is 0.0169. The highest BCUT2D eigenvalue weighted by molar-refractivity contribution is 7.71. The largest absolute Gasteiger partial charge is 0.374 e. The molecule has 0 saturated heterocycles. The number of hydrogen-bond acceptors (Lipinski definition) is 3. The van der Waals surface area contributed by atoms with E-state index in [1.165, 1.54) is 0 Å². The molecule has 78 valence electrons. The summed E-state index contributed by atoms with van der Waals surface area (Å²) in [6.07, 6.45) is 1.84. The van der Waals surface area contributed by atoms with Crippen molar-refractivity contribution in [3.63, 3.8) is 0 Å². The molecule has 0 aliphatic carbocycles. The molecule has 1 rings (SSSR count). The Hall–Kier alpha value is -0.740. The quantitative estimate of drug-likeness (QED) is 0.780. The van der Waals surface area contributed by atoms with Crippen molar-refractivity contribution >= 4 is 12.2 Å². The zero-order chi connectivity index (χ0) is 10.6. The first kappa shape index (κ1) is 11.3. The summed E-state index contributed by atoms with van der Waals surface area (Å²) in [6.45, 7) is 4.14. The molecular formula is C10H16N2OS. The minimum Gasteiger partial charge on any atom is -0.374 e. The van der Waals surface area contributed by atoms with Gasteiger partial charge in [-0.05, 0) is 18.9 Å². The molecule has 0 bridgehead atoms. The molecule has 3 nitrogen and oxygen atoms in total. The highest BCUT2D eigenvalue weighted by Crippen LogP contribution is 2.16. The fourth-order valence-corrected chi connectivity index (χ4v) is 1.58.